The maximum absolute atomic E-state index is 13.2. The van der Waals surface area contributed by atoms with E-state index in [-0.39, 0.29) is 24.8 Å². The molecule has 2 heterocycles. The zero-order valence-corrected chi connectivity index (χ0v) is 27.7. The van der Waals surface area contributed by atoms with E-state index >= 15 is 0 Å². The number of benzene rings is 1. The van der Waals surface area contributed by atoms with Crippen molar-refractivity contribution in [2.45, 2.75) is 114 Å². The van der Waals surface area contributed by atoms with Gasteiger partial charge in [-0.25, -0.2) is 14.4 Å². The number of carbonyl (C=O) groups excluding carboxylic acids is 4. The van der Waals surface area contributed by atoms with Gasteiger partial charge in [0.2, 0.25) is 0 Å². The van der Waals surface area contributed by atoms with Crippen molar-refractivity contribution in [3.05, 3.63) is 40.7 Å². The summed E-state index contributed by atoms with van der Waals surface area (Å²) in [5.41, 5.74) is -0.707. The maximum atomic E-state index is 13.2. The van der Waals surface area contributed by atoms with Crippen molar-refractivity contribution in [1.29, 1.82) is 0 Å². The Labute approximate surface area is 277 Å². The molecule has 1 saturated heterocycles. The number of amides is 1. The molecular weight excluding hydrogens is 632 g/mol. The first-order valence-electron chi connectivity index (χ1n) is 15.8. The standard InChI is InChI=1S/C33H42N2O13/c1-16(45-30(42)48-31(3,4)5)27(38)34-20(28(39)40)14-23(37)44-17(2)29(41)46-21-9-10-33(43)22-13-18-7-8-19(15-36)25-24(18)32(33,26(21)47-25)11-12-35(22)6/h7-9,16-17,20,22,26,36,43H,10-15H2,1-6H3,(H,34,38)(H,39,40)/t16-,17-,20-,22+,26-,32-,33+/m0/s1. The number of ether oxygens (including phenoxy) is 5. The van der Waals surface area contributed by atoms with Crippen LogP contribution in [0.15, 0.2) is 24.0 Å². The predicted molar refractivity (Wildman–Crippen MR) is 163 cm³/mol. The molecule has 2 aliphatic carbocycles. The molecule has 4 N–H and O–H groups in total. The molecule has 1 fully saturated rings. The minimum atomic E-state index is -1.76. The second-order valence-electron chi connectivity index (χ2n) is 13.8. The number of nitrogens with zero attached hydrogens (tertiary/aromatic N) is 1. The largest absolute Gasteiger partial charge is 0.509 e. The number of hydrogen-bond acceptors (Lipinski definition) is 13. The van der Waals surface area contributed by atoms with Crippen molar-refractivity contribution in [3.63, 3.8) is 0 Å². The van der Waals surface area contributed by atoms with Crippen LogP contribution in [0.3, 0.4) is 0 Å². The van der Waals surface area contributed by atoms with E-state index in [4.69, 9.17) is 23.7 Å². The average molecular weight is 675 g/mol. The number of aliphatic carboxylic acids is 1. The topological polar surface area (TPSA) is 207 Å². The van der Waals surface area contributed by atoms with Crippen molar-refractivity contribution in [2.24, 2.45) is 0 Å². The molecule has 15 heteroatoms. The number of carboxylic acids is 1. The summed E-state index contributed by atoms with van der Waals surface area (Å²) < 4.78 is 27.2. The number of aliphatic hydroxyl groups is 2. The van der Waals surface area contributed by atoms with Crippen molar-refractivity contribution < 1.29 is 63.0 Å². The van der Waals surface area contributed by atoms with Crippen LogP contribution in [-0.4, -0.2) is 105 Å². The lowest BCUT2D eigenvalue weighted by Crippen LogP contribution is -2.74. The monoisotopic (exact) mass is 674 g/mol. The van der Waals surface area contributed by atoms with E-state index in [9.17, 15) is 39.3 Å². The van der Waals surface area contributed by atoms with Gasteiger partial charge >= 0.3 is 24.1 Å². The number of esters is 2. The molecule has 0 aromatic heterocycles. The first kappa shape index (κ1) is 35.1. The van der Waals surface area contributed by atoms with Crippen LogP contribution >= 0.6 is 0 Å². The van der Waals surface area contributed by atoms with Gasteiger partial charge in [-0.3, -0.25) is 9.59 Å². The summed E-state index contributed by atoms with van der Waals surface area (Å²) in [6.45, 7) is 7.60. The fourth-order valence-corrected chi connectivity index (χ4v) is 7.25. The molecule has 0 unspecified atom stereocenters. The lowest BCUT2D eigenvalue weighted by molar-refractivity contribution is -0.175. The first-order chi connectivity index (χ1) is 22.4. The SMILES string of the molecule is C[C@H](OC(=O)OC(C)(C)C)C(=O)N[C@@H](CC(=O)O[C@@H](C)C(=O)OC1=CC[C@@]2(O)[C@H]3Cc4ccc(CO)c5c4[C@@]2(CCN3C)[C@H]1O5)C(=O)O. The first-order valence-corrected chi connectivity index (χ1v) is 15.8. The quantitative estimate of drug-likeness (QED) is 0.203. The average Bonchev–Trinajstić information content (AvgIpc) is 3.34. The molecule has 262 valence electrons. The summed E-state index contributed by atoms with van der Waals surface area (Å²) >= 11 is 0. The van der Waals surface area contributed by atoms with Gasteiger partial charge in [0.05, 0.1) is 24.0 Å². The Morgan fingerprint density at radius 3 is 2.48 bits per heavy atom. The third kappa shape index (κ3) is 6.10. The van der Waals surface area contributed by atoms with Crippen LogP contribution in [0.4, 0.5) is 4.79 Å². The molecule has 1 spiro atoms. The van der Waals surface area contributed by atoms with Crippen LogP contribution < -0.4 is 10.1 Å². The molecule has 5 rings (SSSR count). The van der Waals surface area contributed by atoms with Crippen LogP contribution in [0.1, 0.15) is 70.6 Å². The van der Waals surface area contributed by atoms with Crippen LogP contribution in [-0.2, 0) is 56.6 Å². The fraction of sp³-hybridized carbons (Fsp3) is 0.606. The second kappa shape index (κ2) is 12.7. The maximum Gasteiger partial charge on any atom is 0.509 e. The zero-order chi connectivity index (χ0) is 35.3. The number of likely N-dealkylation sites (tertiary alicyclic amines) is 1. The van der Waals surface area contributed by atoms with Gasteiger partial charge < -0.3 is 49.2 Å². The third-order valence-corrected chi connectivity index (χ3v) is 9.50. The molecule has 2 bridgehead atoms. The number of nitrogens with one attached hydrogen (secondary N) is 1. The minimum absolute atomic E-state index is 0.137. The van der Waals surface area contributed by atoms with E-state index in [0.717, 1.165) is 11.1 Å². The highest BCUT2D eigenvalue weighted by atomic mass is 16.7. The van der Waals surface area contributed by atoms with Crippen molar-refractivity contribution >= 4 is 30.0 Å². The smallest absolute Gasteiger partial charge is 0.481 e. The Hall–Kier alpha value is -4.21. The molecule has 2 aliphatic heterocycles. The van der Waals surface area contributed by atoms with Crippen molar-refractivity contribution in [3.8, 4) is 5.75 Å². The van der Waals surface area contributed by atoms with Gasteiger partial charge in [-0.15, -0.1) is 0 Å². The Morgan fingerprint density at radius 1 is 1.12 bits per heavy atom. The Morgan fingerprint density at radius 2 is 1.83 bits per heavy atom. The Kier molecular flexibility index (Phi) is 9.27. The third-order valence-electron chi connectivity index (χ3n) is 9.50. The number of carboxylic acid groups (broad SMARTS) is 1. The van der Waals surface area contributed by atoms with Gasteiger partial charge in [0.1, 0.15) is 23.2 Å². The molecule has 15 nitrogen and oxygen atoms in total. The van der Waals surface area contributed by atoms with E-state index in [1.807, 2.05) is 13.1 Å². The van der Waals surface area contributed by atoms with Gasteiger partial charge in [0.15, 0.2) is 18.3 Å². The molecule has 1 aromatic carbocycles. The molecule has 0 radical (unpaired) electrons. The van der Waals surface area contributed by atoms with Crippen LogP contribution in [0.5, 0.6) is 5.75 Å². The van der Waals surface area contributed by atoms with Gasteiger partial charge in [0, 0.05) is 23.6 Å². The van der Waals surface area contributed by atoms with E-state index in [0.29, 0.717) is 30.7 Å². The van der Waals surface area contributed by atoms with Crippen LogP contribution in [0.25, 0.3) is 0 Å². The minimum Gasteiger partial charge on any atom is -0.481 e. The molecule has 48 heavy (non-hydrogen) atoms. The van der Waals surface area contributed by atoms with Gasteiger partial charge in [-0.2, -0.15) is 0 Å². The van der Waals surface area contributed by atoms with E-state index in [1.165, 1.54) is 13.8 Å². The number of rotatable bonds is 10. The summed E-state index contributed by atoms with van der Waals surface area (Å²) in [6, 6.07) is 1.75. The summed E-state index contributed by atoms with van der Waals surface area (Å²) in [5, 5.41) is 34.1. The van der Waals surface area contributed by atoms with Crippen molar-refractivity contribution in [2.75, 3.05) is 13.6 Å². The van der Waals surface area contributed by atoms with Crippen molar-refractivity contribution in [1.82, 2.24) is 10.2 Å². The number of hydrogen-bond donors (Lipinski definition) is 4. The lowest BCUT2D eigenvalue weighted by atomic mass is 9.50. The molecule has 7 atom stereocenters. The van der Waals surface area contributed by atoms with Gasteiger partial charge in [0.25, 0.3) is 5.91 Å². The zero-order valence-electron chi connectivity index (χ0n) is 27.7. The number of carbonyl (C=O) groups is 5. The molecule has 4 aliphatic rings. The lowest BCUT2D eigenvalue weighted by Gasteiger charge is -2.61. The number of likely N-dealkylation sites (N-methyl/N-ethyl adjacent to an activating group) is 1. The van der Waals surface area contributed by atoms with Gasteiger partial charge in [-0.1, -0.05) is 12.1 Å². The van der Waals surface area contributed by atoms with Gasteiger partial charge in [-0.05, 0) is 72.7 Å². The predicted octanol–water partition coefficient (Wildman–Crippen LogP) is 1.23. The number of piperidine rings is 1. The summed E-state index contributed by atoms with van der Waals surface area (Å²) in [5.74, 6) is -4.04. The Balaban J connectivity index is 1.24. The Bertz CT molecular complexity index is 1550. The number of aliphatic hydroxyl groups excluding tert-OH is 1. The highest BCUT2D eigenvalue weighted by Gasteiger charge is 2.72. The second-order valence-corrected chi connectivity index (χ2v) is 13.8. The van der Waals surface area contributed by atoms with Crippen LogP contribution in [0.2, 0.25) is 0 Å². The summed E-state index contributed by atoms with van der Waals surface area (Å²) in [6.07, 6.45) is -2.95. The molecular formula is C33H42N2O13. The van der Waals surface area contributed by atoms with E-state index < -0.39 is 77.4 Å². The van der Waals surface area contributed by atoms with E-state index in [2.05, 4.69) is 10.2 Å². The van der Waals surface area contributed by atoms with E-state index in [1.54, 1.807) is 32.9 Å². The molecule has 1 aromatic rings. The highest BCUT2D eigenvalue weighted by Crippen LogP contribution is 2.64. The highest BCUT2D eigenvalue weighted by molar-refractivity contribution is 5.90. The van der Waals surface area contributed by atoms with Crippen LogP contribution in [0, 0.1) is 0 Å². The summed E-state index contributed by atoms with van der Waals surface area (Å²) in [7, 11) is 1.96. The normalized spacial score (nSPS) is 27.2. The molecule has 1 amide bonds. The fourth-order valence-electron chi connectivity index (χ4n) is 7.25. The summed E-state index contributed by atoms with van der Waals surface area (Å²) in [4.78, 5) is 64.2. The molecule has 0 saturated carbocycles.